The van der Waals surface area contributed by atoms with Crippen molar-refractivity contribution in [3.8, 4) is 0 Å². The van der Waals surface area contributed by atoms with Crippen LogP contribution in [0.25, 0.3) is 0 Å². The molecule has 0 atom stereocenters. The van der Waals surface area contributed by atoms with Crippen molar-refractivity contribution in [2.24, 2.45) is 7.05 Å². The quantitative estimate of drug-likeness (QED) is 0.819. The van der Waals surface area contributed by atoms with Gasteiger partial charge in [-0.15, -0.1) is 5.10 Å². The summed E-state index contributed by atoms with van der Waals surface area (Å²) in [6, 6.07) is 7.92. The summed E-state index contributed by atoms with van der Waals surface area (Å²) in [6.45, 7) is 2.56. The molecule has 112 valence electrons. The Balaban J connectivity index is 2.22. The Morgan fingerprint density at radius 1 is 1.43 bits per heavy atom. The van der Waals surface area contributed by atoms with Crippen LogP contribution >= 0.6 is 12.2 Å². The van der Waals surface area contributed by atoms with Crippen LogP contribution in [0.1, 0.15) is 21.7 Å². The van der Waals surface area contributed by atoms with Gasteiger partial charge >= 0.3 is 0 Å². The highest BCUT2D eigenvalue weighted by atomic mass is 32.1. The second-order valence-electron chi connectivity index (χ2n) is 4.85. The van der Waals surface area contributed by atoms with Crippen LogP contribution in [0, 0.1) is 11.7 Å². The first-order valence-electron chi connectivity index (χ1n) is 6.60. The van der Waals surface area contributed by atoms with Crippen molar-refractivity contribution in [1.29, 1.82) is 0 Å². The predicted octanol–water partition coefficient (Wildman–Crippen LogP) is 1.42. The van der Waals surface area contributed by atoms with Crippen LogP contribution in [-0.4, -0.2) is 43.8 Å². The van der Waals surface area contributed by atoms with E-state index in [0.717, 1.165) is 11.1 Å². The fourth-order valence-corrected chi connectivity index (χ4v) is 2.10. The SMILES string of the molecule is Cc1ccc(CN(CCO)C(=O)c2n[nH]c(=S)n2C)cc1. The highest BCUT2D eigenvalue weighted by Crippen LogP contribution is 2.10. The second-order valence-corrected chi connectivity index (χ2v) is 5.23. The second kappa shape index (κ2) is 6.64. The lowest BCUT2D eigenvalue weighted by molar-refractivity contribution is 0.0691. The van der Waals surface area contributed by atoms with Crippen LogP contribution < -0.4 is 0 Å². The summed E-state index contributed by atoms with van der Waals surface area (Å²) in [5.74, 6) is -0.0277. The number of nitrogens with one attached hydrogen (secondary N) is 1. The Kier molecular flexibility index (Phi) is 4.87. The van der Waals surface area contributed by atoms with Gasteiger partial charge in [0, 0.05) is 20.1 Å². The van der Waals surface area contributed by atoms with Crippen LogP contribution in [0.3, 0.4) is 0 Å². The van der Waals surface area contributed by atoms with Gasteiger partial charge in [0.25, 0.3) is 5.91 Å². The van der Waals surface area contributed by atoms with Gasteiger partial charge in [-0.1, -0.05) is 29.8 Å². The molecule has 0 spiro atoms. The van der Waals surface area contributed by atoms with E-state index in [4.69, 9.17) is 12.2 Å². The third-order valence-electron chi connectivity index (χ3n) is 3.22. The fraction of sp³-hybridized carbons (Fsp3) is 0.357. The van der Waals surface area contributed by atoms with Gasteiger partial charge in [0.2, 0.25) is 5.82 Å². The predicted molar refractivity (Wildman–Crippen MR) is 81.4 cm³/mol. The van der Waals surface area contributed by atoms with Crippen LogP contribution in [0.15, 0.2) is 24.3 Å². The molecule has 0 aliphatic heterocycles. The third-order valence-corrected chi connectivity index (χ3v) is 3.59. The molecular formula is C14H18N4O2S. The van der Waals surface area contributed by atoms with Gasteiger partial charge in [-0.05, 0) is 24.7 Å². The number of nitrogens with zero attached hydrogens (tertiary/aromatic N) is 3. The number of aromatic amines is 1. The molecular weight excluding hydrogens is 288 g/mol. The average molecular weight is 306 g/mol. The van der Waals surface area contributed by atoms with Gasteiger partial charge in [-0.3, -0.25) is 14.5 Å². The van der Waals surface area contributed by atoms with E-state index in [1.807, 2.05) is 31.2 Å². The largest absolute Gasteiger partial charge is 0.395 e. The van der Waals surface area contributed by atoms with Gasteiger partial charge in [0.15, 0.2) is 4.77 Å². The van der Waals surface area contributed by atoms with E-state index in [0.29, 0.717) is 11.3 Å². The maximum absolute atomic E-state index is 12.5. The maximum atomic E-state index is 12.5. The van der Waals surface area contributed by atoms with E-state index in [2.05, 4.69) is 10.2 Å². The first-order valence-corrected chi connectivity index (χ1v) is 7.01. The number of rotatable bonds is 5. The van der Waals surface area contributed by atoms with Crippen molar-refractivity contribution in [2.45, 2.75) is 13.5 Å². The summed E-state index contributed by atoms with van der Waals surface area (Å²) >= 11 is 5.01. The number of aliphatic hydroxyl groups excluding tert-OH is 1. The van der Waals surface area contributed by atoms with E-state index >= 15 is 0 Å². The number of hydrogen-bond donors (Lipinski definition) is 2. The third kappa shape index (κ3) is 3.56. The van der Waals surface area contributed by atoms with Crippen molar-refractivity contribution >= 4 is 18.1 Å². The molecule has 0 aliphatic carbocycles. The van der Waals surface area contributed by atoms with E-state index in [1.165, 1.54) is 4.57 Å². The molecule has 1 amide bonds. The Morgan fingerprint density at radius 3 is 2.62 bits per heavy atom. The van der Waals surface area contributed by atoms with Crippen molar-refractivity contribution in [3.63, 3.8) is 0 Å². The number of carbonyl (C=O) groups is 1. The average Bonchev–Trinajstić information content (AvgIpc) is 2.80. The molecule has 0 saturated carbocycles. The van der Waals surface area contributed by atoms with E-state index in [9.17, 15) is 9.90 Å². The van der Waals surface area contributed by atoms with Gasteiger partial charge in [0.1, 0.15) is 0 Å². The number of aromatic nitrogens is 3. The van der Waals surface area contributed by atoms with Crippen molar-refractivity contribution < 1.29 is 9.90 Å². The maximum Gasteiger partial charge on any atom is 0.292 e. The van der Waals surface area contributed by atoms with Crippen molar-refractivity contribution in [1.82, 2.24) is 19.7 Å². The number of benzene rings is 1. The Hall–Kier alpha value is -1.99. The van der Waals surface area contributed by atoms with Crippen LogP contribution in [0.5, 0.6) is 0 Å². The minimum absolute atomic E-state index is 0.105. The molecule has 7 heteroatoms. The highest BCUT2D eigenvalue weighted by Gasteiger charge is 2.20. The highest BCUT2D eigenvalue weighted by molar-refractivity contribution is 7.71. The zero-order valence-electron chi connectivity index (χ0n) is 12.0. The summed E-state index contributed by atoms with van der Waals surface area (Å²) < 4.78 is 1.91. The molecule has 0 fully saturated rings. The number of hydrogen-bond acceptors (Lipinski definition) is 4. The summed E-state index contributed by atoms with van der Waals surface area (Å²) in [5, 5.41) is 15.7. The molecule has 2 N–H and O–H groups in total. The molecule has 0 bridgehead atoms. The molecule has 2 rings (SSSR count). The first-order chi connectivity index (χ1) is 10.0. The molecule has 1 aromatic carbocycles. The van der Waals surface area contributed by atoms with Crippen molar-refractivity contribution in [3.05, 3.63) is 46.0 Å². The molecule has 0 aliphatic rings. The first kappa shape index (κ1) is 15.4. The molecule has 6 nitrogen and oxygen atoms in total. The number of aliphatic hydroxyl groups is 1. The van der Waals surface area contributed by atoms with Crippen molar-refractivity contribution in [2.75, 3.05) is 13.2 Å². The van der Waals surface area contributed by atoms with E-state index < -0.39 is 0 Å². The Morgan fingerprint density at radius 2 is 2.10 bits per heavy atom. The molecule has 21 heavy (non-hydrogen) atoms. The van der Waals surface area contributed by atoms with Gasteiger partial charge in [-0.25, -0.2) is 0 Å². The summed E-state index contributed by atoms with van der Waals surface area (Å²) in [7, 11) is 1.68. The molecule has 1 heterocycles. The number of carbonyl (C=O) groups excluding carboxylic acids is 1. The minimum Gasteiger partial charge on any atom is -0.395 e. The van der Waals surface area contributed by atoms with E-state index in [1.54, 1.807) is 11.9 Å². The molecule has 1 aromatic heterocycles. The zero-order chi connectivity index (χ0) is 15.4. The lowest BCUT2D eigenvalue weighted by Crippen LogP contribution is -2.34. The zero-order valence-corrected chi connectivity index (χ0v) is 12.9. The topological polar surface area (TPSA) is 74.2 Å². The molecule has 0 saturated heterocycles. The lowest BCUT2D eigenvalue weighted by Gasteiger charge is -2.21. The lowest BCUT2D eigenvalue weighted by atomic mass is 10.1. The molecule has 2 aromatic rings. The fourth-order valence-electron chi connectivity index (χ4n) is 1.97. The van der Waals surface area contributed by atoms with Gasteiger partial charge < -0.3 is 10.0 Å². The summed E-state index contributed by atoms with van der Waals surface area (Å²) in [5.41, 5.74) is 2.16. The summed E-state index contributed by atoms with van der Waals surface area (Å²) in [4.78, 5) is 14.1. The monoisotopic (exact) mass is 306 g/mol. The Bertz CT molecular complexity index is 675. The normalized spacial score (nSPS) is 10.6. The smallest absolute Gasteiger partial charge is 0.292 e. The molecule has 0 radical (unpaired) electrons. The van der Waals surface area contributed by atoms with Crippen LogP contribution in [0.2, 0.25) is 0 Å². The number of aryl methyl sites for hydroxylation is 1. The van der Waals surface area contributed by atoms with Crippen LogP contribution in [-0.2, 0) is 13.6 Å². The van der Waals surface area contributed by atoms with Crippen LogP contribution in [0.4, 0.5) is 0 Å². The summed E-state index contributed by atoms with van der Waals surface area (Å²) in [6.07, 6.45) is 0. The Labute approximate surface area is 128 Å². The minimum atomic E-state index is -0.264. The van der Waals surface area contributed by atoms with Gasteiger partial charge in [-0.2, -0.15) is 0 Å². The van der Waals surface area contributed by atoms with E-state index in [-0.39, 0.29) is 24.9 Å². The number of amides is 1. The van der Waals surface area contributed by atoms with Gasteiger partial charge in [0.05, 0.1) is 6.61 Å². The number of H-pyrrole nitrogens is 1. The standard InChI is InChI=1S/C14H18N4O2S/c1-10-3-5-11(6-4-10)9-18(7-8-19)13(20)12-15-16-14(21)17(12)2/h3-6,19H,7-9H2,1-2H3,(H,16,21). The molecule has 0 unspecified atom stereocenters.